The molecule has 0 heterocycles. The molecule has 0 aliphatic heterocycles. The maximum atomic E-state index is 12.3. The topological polar surface area (TPSA) is 46.2 Å². The minimum Gasteiger partial charge on any atom is -0.385 e. The molecule has 0 aliphatic rings. The molecule has 19 heavy (non-hydrogen) atoms. The van der Waals surface area contributed by atoms with Gasteiger partial charge < -0.3 is 5.32 Å². The second kappa shape index (κ2) is 7.65. The highest BCUT2D eigenvalue weighted by atomic mass is 35.5. The molecule has 0 amide bonds. The van der Waals surface area contributed by atoms with E-state index in [9.17, 15) is 17.2 Å². The highest BCUT2D eigenvalue weighted by Gasteiger charge is 2.26. The van der Waals surface area contributed by atoms with E-state index in [2.05, 4.69) is 5.32 Å². The van der Waals surface area contributed by atoms with Gasteiger partial charge >= 0.3 is 5.76 Å². The Morgan fingerprint density at radius 3 is 2.26 bits per heavy atom. The number of anilines is 1. The van der Waals surface area contributed by atoms with Crippen LogP contribution in [0.15, 0.2) is 29.2 Å². The lowest BCUT2D eigenvalue weighted by molar-refractivity contribution is 0.234. The van der Waals surface area contributed by atoms with Gasteiger partial charge in [-0.2, -0.15) is 8.78 Å². The molecular formula is C12H16ClF2NO2S. The van der Waals surface area contributed by atoms with Gasteiger partial charge in [0, 0.05) is 18.1 Å². The van der Waals surface area contributed by atoms with Crippen molar-refractivity contribution in [2.24, 2.45) is 0 Å². The molecule has 0 aliphatic carbocycles. The van der Waals surface area contributed by atoms with E-state index in [-0.39, 0.29) is 4.90 Å². The molecule has 1 N–H and O–H groups in total. The molecule has 0 radical (unpaired) electrons. The Bertz CT molecular complexity index is 477. The zero-order chi connectivity index (χ0) is 14.3. The van der Waals surface area contributed by atoms with Gasteiger partial charge in [-0.3, -0.25) is 0 Å². The van der Waals surface area contributed by atoms with Crippen LogP contribution < -0.4 is 5.32 Å². The summed E-state index contributed by atoms with van der Waals surface area (Å²) in [5.41, 5.74) is 0.707. The van der Waals surface area contributed by atoms with Crippen molar-refractivity contribution in [1.29, 1.82) is 0 Å². The molecule has 0 aromatic heterocycles. The van der Waals surface area contributed by atoms with Crippen molar-refractivity contribution in [3.05, 3.63) is 24.3 Å². The number of hydrogen-bond acceptors (Lipinski definition) is 3. The first-order valence-corrected chi connectivity index (χ1v) is 7.98. The van der Waals surface area contributed by atoms with Crippen LogP contribution in [0.5, 0.6) is 0 Å². The fraction of sp³-hybridized carbons (Fsp3) is 0.500. The molecular weight excluding hydrogens is 296 g/mol. The number of alkyl halides is 3. The summed E-state index contributed by atoms with van der Waals surface area (Å²) in [5.74, 6) is -2.75. The number of benzene rings is 1. The first-order valence-electron chi connectivity index (χ1n) is 5.90. The van der Waals surface area contributed by atoms with Gasteiger partial charge in [-0.15, -0.1) is 11.6 Å². The van der Waals surface area contributed by atoms with E-state index in [0.29, 0.717) is 11.6 Å². The van der Waals surface area contributed by atoms with Crippen LogP contribution in [0.1, 0.15) is 19.3 Å². The predicted octanol–water partition coefficient (Wildman–Crippen LogP) is 3.50. The summed E-state index contributed by atoms with van der Waals surface area (Å²) in [6, 6.07) is 5.33. The van der Waals surface area contributed by atoms with Crippen molar-refractivity contribution >= 4 is 27.1 Å². The van der Waals surface area contributed by atoms with E-state index in [1.54, 1.807) is 0 Å². The van der Waals surface area contributed by atoms with Gasteiger partial charge in [0.1, 0.15) is 0 Å². The number of halogens is 3. The average Bonchev–Trinajstić information content (AvgIpc) is 2.39. The Balaban J connectivity index is 2.53. The standard InChI is InChI=1S/C12H16ClF2NO2S/c13-8-2-1-3-9-16-10-4-6-11(7-5-10)19(17,18)12(14)15/h4-7,12,16H,1-3,8-9H2. The average molecular weight is 312 g/mol. The fourth-order valence-electron chi connectivity index (χ4n) is 1.49. The summed E-state index contributed by atoms with van der Waals surface area (Å²) in [5, 5.41) is 3.09. The highest BCUT2D eigenvalue weighted by molar-refractivity contribution is 7.91. The lowest BCUT2D eigenvalue weighted by Crippen LogP contribution is -2.11. The van der Waals surface area contributed by atoms with E-state index in [1.165, 1.54) is 24.3 Å². The minimum atomic E-state index is -4.50. The number of unbranched alkanes of at least 4 members (excludes halogenated alkanes) is 2. The molecule has 3 nitrogen and oxygen atoms in total. The molecule has 0 saturated heterocycles. The summed E-state index contributed by atoms with van der Waals surface area (Å²) in [6.07, 6.45) is 2.91. The lowest BCUT2D eigenvalue weighted by atomic mass is 10.2. The largest absolute Gasteiger partial charge is 0.385 e. The summed E-state index contributed by atoms with van der Waals surface area (Å²) < 4.78 is 47.0. The third kappa shape index (κ3) is 4.95. The van der Waals surface area contributed by atoms with Crippen LogP contribution in [-0.4, -0.2) is 26.6 Å². The van der Waals surface area contributed by atoms with Crippen LogP contribution in [0, 0.1) is 0 Å². The molecule has 0 saturated carbocycles. The van der Waals surface area contributed by atoms with E-state index >= 15 is 0 Å². The molecule has 108 valence electrons. The van der Waals surface area contributed by atoms with Crippen LogP contribution in [-0.2, 0) is 9.84 Å². The molecule has 1 aromatic carbocycles. The van der Waals surface area contributed by atoms with Crippen LogP contribution in [0.4, 0.5) is 14.5 Å². The summed E-state index contributed by atoms with van der Waals surface area (Å²) in [7, 11) is -4.50. The van der Waals surface area contributed by atoms with Gasteiger partial charge in [0.05, 0.1) is 4.90 Å². The first-order chi connectivity index (χ1) is 8.98. The van der Waals surface area contributed by atoms with E-state index < -0.39 is 15.6 Å². The Morgan fingerprint density at radius 1 is 1.11 bits per heavy atom. The van der Waals surface area contributed by atoms with Crippen LogP contribution in [0.25, 0.3) is 0 Å². The van der Waals surface area contributed by atoms with Crippen LogP contribution in [0.2, 0.25) is 0 Å². The van der Waals surface area contributed by atoms with Crippen molar-refractivity contribution in [2.75, 3.05) is 17.7 Å². The second-order valence-electron chi connectivity index (χ2n) is 4.01. The van der Waals surface area contributed by atoms with Gasteiger partial charge in [-0.05, 0) is 37.1 Å². The maximum absolute atomic E-state index is 12.3. The van der Waals surface area contributed by atoms with E-state index in [4.69, 9.17) is 11.6 Å². The highest BCUT2D eigenvalue weighted by Crippen LogP contribution is 2.20. The molecule has 7 heteroatoms. The molecule has 0 spiro atoms. The third-order valence-electron chi connectivity index (χ3n) is 2.56. The maximum Gasteiger partial charge on any atom is 0.341 e. The summed E-state index contributed by atoms with van der Waals surface area (Å²) in [6.45, 7) is 0.734. The van der Waals surface area contributed by atoms with Gasteiger partial charge in [-0.1, -0.05) is 6.42 Å². The molecule has 0 fully saturated rings. The van der Waals surface area contributed by atoms with Crippen molar-refractivity contribution < 1.29 is 17.2 Å². The third-order valence-corrected chi connectivity index (χ3v) is 4.22. The second-order valence-corrected chi connectivity index (χ2v) is 6.30. The van der Waals surface area contributed by atoms with E-state index in [1.807, 2.05) is 0 Å². The first kappa shape index (κ1) is 16.2. The number of rotatable bonds is 8. The van der Waals surface area contributed by atoms with Gasteiger partial charge in [-0.25, -0.2) is 8.42 Å². The predicted molar refractivity (Wildman–Crippen MR) is 72.7 cm³/mol. The van der Waals surface area contributed by atoms with Crippen molar-refractivity contribution in [3.8, 4) is 0 Å². The smallest absolute Gasteiger partial charge is 0.341 e. The van der Waals surface area contributed by atoms with Gasteiger partial charge in [0.25, 0.3) is 0 Å². The molecule has 1 rings (SSSR count). The zero-order valence-corrected chi connectivity index (χ0v) is 11.9. The Hall–Kier alpha value is -0.880. The number of hydrogen-bond donors (Lipinski definition) is 1. The lowest BCUT2D eigenvalue weighted by Gasteiger charge is -2.07. The summed E-state index contributed by atoms with van der Waals surface area (Å²) >= 11 is 5.54. The summed E-state index contributed by atoms with van der Waals surface area (Å²) in [4.78, 5) is -0.366. The van der Waals surface area contributed by atoms with Crippen molar-refractivity contribution in [3.63, 3.8) is 0 Å². The Morgan fingerprint density at radius 2 is 1.74 bits per heavy atom. The number of sulfone groups is 1. The Kier molecular flexibility index (Phi) is 6.51. The van der Waals surface area contributed by atoms with Gasteiger partial charge in [0.15, 0.2) is 0 Å². The normalized spacial score (nSPS) is 11.8. The quantitative estimate of drug-likeness (QED) is 0.590. The molecule has 1 aromatic rings. The van der Waals surface area contributed by atoms with Crippen molar-refractivity contribution in [1.82, 2.24) is 0 Å². The SMILES string of the molecule is O=S(=O)(c1ccc(NCCCCCCl)cc1)C(F)F. The zero-order valence-electron chi connectivity index (χ0n) is 10.3. The Labute approximate surface area is 116 Å². The molecule has 0 bridgehead atoms. The fourth-order valence-corrected chi connectivity index (χ4v) is 2.40. The molecule has 0 atom stereocenters. The minimum absolute atomic E-state index is 0.366. The number of nitrogens with one attached hydrogen (secondary N) is 1. The van der Waals surface area contributed by atoms with Crippen molar-refractivity contribution in [2.45, 2.75) is 29.9 Å². The van der Waals surface area contributed by atoms with Crippen LogP contribution in [0.3, 0.4) is 0 Å². The molecule has 0 unspecified atom stereocenters. The van der Waals surface area contributed by atoms with Gasteiger partial charge in [0.2, 0.25) is 9.84 Å². The van der Waals surface area contributed by atoms with E-state index in [0.717, 1.165) is 25.8 Å². The monoisotopic (exact) mass is 311 g/mol. The van der Waals surface area contributed by atoms with Crippen LogP contribution >= 0.6 is 11.6 Å².